The first-order valence-corrected chi connectivity index (χ1v) is 6.43. The first-order chi connectivity index (χ1) is 9.58. The van der Waals surface area contributed by atoms with Gasteiger partial charge in [0.1, 0.15) is 5.82 Å². The molecule has 0 saturated carbocycles. The third kappa shape index (κ3) is 3.35. The summed E-state index contributed by atoms with van der Waals surface area (Å²) in [4.78, 5) is 13.6. The van der Waals surface area contributed by atoms with Crippen molar-refractivity contribution in [3.63, 3.8) is 0 Å². The van der Waals surface area contributed by atoms with Crippen LogP contribution in [0.2, 0.25) is 0 Å². The van der Waals surface area contributed by atoms with Crippen LogP contribution < -0.4 is 10.6 Å². The van der Waals surface area contributed by atoms with E-state index in [1.165, 1.54) is 17.0 Å². The lowest BCUT2D eigenvalue weighted by molar-refractivity contribution is -0.118. The van der Waals surface area contributed by atoms with Crippen LogP contribution in [0.25, 0.3) is 0 Å². The SMILES string of the molecule is CN(C(=O)CCc1ccccc1N)c1ccc(F)cc1. The molecule has 1 amide bonds. The Morgan fingerprint density at radius 3 is 2.45 bits per heavy atom. The summed E-state index contributed by atoms with van der Waals surface area (Å²) in [6, 6.07) is 13.4. The van der Waals surface area contributed by atoms with Gasteiger partial charge in [-0.2, -0.15) is 0 Å². The molecule has 2 aromatic rings. The summed E-state index contributed by atoms with van der Waals surface area (Å²) in [5, 5.41) is 0. The number of nitrogens with zero attached hydrogens (tertiary/aromatic N) is 1. The average molecular weight is 272 g/mol. The molecule has 2 N–H and O–H groups in total. The van der Waals surface area contributed by atoms with Gasteiger partial charge in [0.05, 0.1) is 0 Å². The number of anilines is 2. The highest BCUT2D eigenvalue weighted by Crippen LogP contribution is 2.17. The molecule has 0 heterocycles. The molecule has 0 saturated heterocycles. The highest BCUT2D eigenvalue weighted by atomic mass is 19.1. The van der Waals surface area contributed by atoms with Gasteiger partial charge in [0.2, 0.25) is 5.91 Å². The van der Waals surface area contributed by atoms with Crippen LogP contribution in [-0.2, 0) is 11.2 Å². The zero-order chi connectivity index (χ0) is 14.5. The molecule has 0 fully saturated rings. The molecular weight excluding hydrogens is 255 g/mol. The van der Waals surface area contributed by atoms with Crippen molar-refractivity contribution in [3.05, 3.63) is 59.9 Å². The van der Waals surface area contributed by atoms with Crippen LogP contribution in [0.1, 0.15) is 12.0 Å². The highest BCUT2D eigenvalue weighted by Gasteiger charge is 2.11. The summed E-state index contributed by atoms with van der Waals surface area (Å²) in [5.41, 5.74) is 8.19. The Balaban J connectivity index is 1.98. The first-order valence-electron chi connectivity index (χ1n) is 6.43. The smallest absolute Gasteiger partial charge is 0.227 e. The van der Waals surface area contributed by atoms with Gasteiger partial charge in [0.15, 0.2) is 0 Å². The van der Waals surface area contributed by atoms with Crippen molar-refractivity contribution < 1.29 is 9.18 Å². The summed E-state index contributed by atoms with van der Waals surface area (Å²) in [7, 11) is 1.68. The van der Waals surface area contributed by atoms with Crippen LogP contribution in [0.5, 0.6) is 0 Å². The Labute approximate surface area is 117 Å². The lowest BCUT2D eigenvalue weighted by Gasteiger charge is -2.17. The molecule has 2 aromatic carbocycles. The van der Waals surface area contributed by atoms with Gasteiger partial charge in [-0.3, -0.25) is 4.79 Å². The molecule has 0 unspecified atom stereocenters. The standard InChI is InChI=1S/C16H17FN2O/c1-19(14-9-7-13(17)8-10-14)16(20)11-6-12-4-2-3-5-15(12)18/h2-5,7-10H,6,11,18H2,1H3. The molecule has 0 radical (unpaired) electrons. The van der Waals surface area contributed by atoms with E-state index in [1.807, 2.05) is 24.3 Å². The molecule has 0 aliphatic heterocycles. The molecule has 0 aliphatic rings. The largest absolute Gasteiger partial charge is 0.399 e. The molecule has 104 valence electrons. The van der Waals surface area contributed by atoms with Gasteiger partial charge >= 0.3 is 0 Å². The number of benzene rings is 2. The van der Waals surface area contributed by atoms with Crippen LogP contribution >= 0.6 is 0 Å². The zero-order valence-electron chi connectivity index (χ0n) is 11.3. The summed E-state index contributed by atoms with van der Waals surface area (Å²) in [6.07, 6.45) is 0.957. The van der Waals surface area contributed by atoms with E-state index in [9.17, 15) is 9.18 Å². The topological polar surface area (TPSA) is 46.3 Å². The highest BCUT2D eigenvalue weighted by molar-refractivity contribution is 5.92. The summed E-state index contributed by atoms with van der Waals surface area (Å²) >= 11 is 0. The van der Waals surface area contributed by atoms with Crippen molar-refractivity contribution in [2.45, 2.75) is 12.8 Å². The number of aryl methyl sites for hydroxylation is 1. The van der Waals surface area contributed by atoms with Gasteiger partial charge in [0, 0.05) is 24.8 Å². The first kappa shape index (κ1) is 14.1. The van der Waals surface area contributed by atoms with Crippen molar-refractivity contribution in [1.29, 1.82) is 0 Å². The monoisotopic (exact) mass is 272 g/mol. The second-order valence-electron chi connectivity index (χ2n) is 4.63. The van der Waals surface area contributed by atoms with Crippen LogP contribution in [-0.4, -0.2) is 13.0 Å². The molecule has 2 rings (SSSR count). The molecule has 0 spiro atoms. The maximum atomic E-state index is 12.8. The normalized spacial score (nSPS) is 10.3. The number of nitrogens with two attached hydrogens (primary N) is 1. The van der Waals surface area contributed by atoms with Crippen LogP contribution in [0.4, 0.5) is 15.8 Å². The molecule has 0 bridgehead atoms. The number of carbonyl (C=O) groups excluding carboxylic acids is 1. The predicted molar refractivity (Wildman–Crippen MR) is 79.0 cm³/mol. The number of rotatable bonds is 4. The molecule has 0 aromatic heterocycles. The van der Waals surface area contributed by atoms with Gasteiger partial charge in [-0.05, 0) is 42.3 Å². The van der Waals surface area contributed by atoms with E-state index in [0.717, 1.165) is 5.56 Å². The van der Waals surface area contributed by atoms with Gasteiger partial charge in [0.25, 0.3) is 0 Å². The zero-order valence-corrected chi connectivity index (χ0v) is 11.3. The summed E-state index contributed by atoms with van der Waals surface area (Å²) in [5.74, 6) is -0.341. The van der Waals surface area contributed by atoms with Gasteiger partial charge in [-0.15, -0.1) is 0 Å². The van der Waals surface area contributed by atoms with E-state index in [4.69, 9.17) is 5.73 Å². The predicted octanol–water partition coefficient (Wildman–Crippen LogP) is 3.00. The van der Waals surface area contributed by atoms with Crippen molar-refractivity contribution in [2.75, 3.05) is 17.7 Å². The Morgan fingerprint density at radius 1 is 1.15 bits per heavy atom. The van der Waals surface area contributed by atoms with Crippen molar-refractivity contribution in [2.24, 2.45) is 0 Å². The number of hydrogen-bond acceptors (Lipinski definition) is 2. The molecule has 3 nitrogen and oxygen atoms in total. The lowest BCUT2D eigenvalue weighted by atomic mass is 10.1. The van der Waals surface area contributed by atoms with Crippen molar-refractivity contribution >= 4 is 17.3 Å². The number of amides is 1. The fourth-order valence-corrected chi connectivity index (χ4v) is 1.98. The van der Waals surface area contributed by atoms with E-state index in [-0.39, 0.29) is 11.7 Å². The third-order valence-corrected chi connectivity index (χ3v) is 3.25. The van der Waals surface area contributed by atoms with E-state index in [1.54, 1.807) is 19.2 Å². The molecule has 0 aliphatic carbocycles. The summed E-state index contributed by atoms with van der Waals surface area (Å²) < 4.78 is 12.8. The second-order valence-corrected chi connectivity index (χ2v) is 4.63. The Kier molecular flexibility index (Phi) is 4.35. The molecule has 20 heavy (non-hydrogen) atoms. The quantitative estimate of drug-likeness (QED) is 0.870. The Bertz CT molecular complexity index is 596. The summed E-state index contributed by atoms with van der Waals surface area (Å²) in [6.45, 7) is 0. The van der Waals surface area contributed by atoms with E-state index in [2.05, 4.69) is 0 Å². The van der Waals surface area contributed by atoms with E-state index >= 15 is 0 Å². The fraction of sp³-hybridized carbons (Fsp3) is 0.188. The minimum atomic E-state index is -0.313. The average Bonchev–Trinajstić information content (AvgIpc) is 2.46. The van der Waals surface area contributed by atoms with Crippen molar-refractivity contribution in [1.82, 2.24) is 0 Å². The van der Waals surface area contributed by atoms with Gasteiger partial charge in [-0.25, -0.2) is 4.39 Å². The number of halogens is 1. The van der Waals surface area contributed by atoms with E-state index in [0.29, 0.717) is 24.2 Å². The van der Waals surface area contributed by atoms with Crippen LogP contribution in [0.3, 0.4) is 0 Å². The Morgan fingerprint density at radius 2 is 1.80 bits per heavy atom. The minimum Gasteiger partial charge on any atom is -0.399 e. The maximum Gasteiger partial charge on any atom is 0.227 e. The minimum absolute atomic E-state index is 0.0279. The number of hydrogen-bond donors (Lipinski definition) is 1. The fourth-order valence-electron chi connectivity index (χ4n) is 1.98. The van der Waals surface area contributed by atoms with Crippen LogP contribution in [0.15, 0.2) is 48.5 Å². The second kappa shape index (κ2) is 6.19. The maximum absolute atomic E-state index is 12.8. The Hall–Kier alpha value is -2.36. The number of carbonyl (C=O) groups is 1. The third-order valence-electron chi connectivity index (χ3n) is 3.25. The van der Waals surface area contributed by atoms with Crippen molar-refractivity contribution in [3.8, 4) is 0 Å². The lowest BCUT2D eigenvalue weighted by Crippen LogP contribution is -2.26. The van der Waals surface area contributed by atoms with Gasteiger partial charge in [-0.1, -0.05) is 18.2 Å². The number of nitrogen functional groups attached to an aromatic ring is 1. The van der Waals surface area contributed by atoms with Crippen LogP contribution in [0, 0.1) is 5.82 Å². The molecule has 0 atom stereocenters. The van der Waals surface area contributed by atoms with Gasteiger partial charge < -0.3 is 10.6 Å². The molecular formula is C16H17FN2O. The molecule has 4 heteroatoms. The van der Waals surface area contributed by atoms with E-state index < -0.39 is 0 Å². The number of para-hydroxylation sites is 1.